The minimum absolute atomic E-state index is 0.147. The number of nitrogens with zero attached hydrogens (tertiary/aromatic N) is 2. The molecule has 0 amide bonds. The molecule has 2 rings (SSSR count). The van der Waals surface area contributed by atoms with Gasteiger partial charge in [-0.3, -0.25) is 4.72 Å². The van der Waals surface area contributed by atoms with Crippen LogP contribution < -0.4 is 9.46 Å². The Hall–Kier alpha value is -1.32. The second-order valence-corrected chi connectivity index (χ2v) is 9.39. The molecule has 2 aromatic rings. The van der Waals surface area contributed by atoms with Crippen molar-refractivity contribution in [3.05, 3.63) is 23.8 Å². The summed E-state index contributed by atoms with van der Waals surface area (Å²) in [4.78, 5) is 0.185. The number of benzene rings is 1. The normalized spacial score (nSPS) is 11.7. The molecular weight excluding hydrogens is 366 g/mol. The predicted octanol–water partition coefficient (Wildman–Crippen LogP) is 3.97. The van der Waals surface area contributed by atoms with Gasteiger partial charge in [-0.2, -0.15) is 0 Å². The van der Waals surface area contributed by atoms with E-state index in [-0.39, 0.29) is 15.9 Å². The van der Waals surface area contributed by atoms with Crippen LogP contribution in [0.15, 0.2) is 27.4 Å². The number of rotatable bonds is 8. The third-order valence-electron chi connectivity index (χ3n) is 3.19. The Kier molecular flexibility index (Phi) is 6.47. The highest BCUT2D eigenvalue weighted by molar-refractivity contribution is 8.01. The van der Waals surface area contributed by atoms with Crippen LogP contribution in [0.1, 0.15) is 38.7 Å². The summed E-state index contributed by atoms with van der Waals surface area (Å²) in [6, 6.07) is 4.84. The fraction of sp³-hybridized carbons (Fsp3) is 0.467. The van der Waals surface area contributed by atoms with Gasteiger partial charge in [0.25, 0.3) is 10.0 Å². The lowest BCUT2D eigenvalue weighted by atomic mass is 10.0. The lowest BCUT2D eigenvalue weighted by molar-refractivity contribution is 0.407. The van der Waals surface area contributed by atoms with Crippen molar-refractivity contribution in [3.8, 4) is 5.75 Å². The molecule has 1 heterocycles. The summed E-state index contributed by atoms with van der Waals surface area (Å²) in [5.41, 5.74) is 0.844. The minimum Gasteiger partial charge on any atom is -0.496 e. The summed E-state index contributed by atoms with van der Waals surface area (Å²) in [6.45, 7) is 6.06. The lowest BCUT2D eigenvalue weighted by Gasteiger charge is -2.13. The van der Waals surface area contributed by atoms with Crippen molar-refractivity contribution in [2.45, 2.75) is 42.3 Å². The first kappa shape index (κ1) is 19.0. The van der Waals surface area contributed by atoms with E-state index < -0.39 is 10.0 Å². The van der Waals surface area contributed by atoms with Gasteiger partial charge in [0.05, 0.1) is 12.0 Å². The maximum Gasteiger partial charge on any atom is 0.263 e. The Morgan fingerprint density at radius 2 is 2.08 bits per heavy atom. The van der Waals surface area contributed by atoms with Crippen molar-refractivity contribution in [1.82, 2.24) is 10.2 Å². The number of methoxy groups -OCH3 is 1. The summed E-state index contributed by atoms with van der Waals surface area (Å²) in [5.74, 6) is 1.75. The van der Waals surface area contributed by atoms with Crippen LogP contribution in [0.5, 0.6) is 5.75 Å². The molecule has 0 radical (unpaired) electrons. The molecule has 0 fully saturated rings. The van der Waals surface area contributed by atoms with E-state index >= 15 is 0 Å². The first-order valence-corrected chi connectivity index (χ1v) is 10.8. The highest BCUT2D eigenvalue weighted by Gasteiger charge is 2.20. The van der Waals surface area contributed by atoms with Gasteiger partial charge in [-0.1, -0.05) is 43.9 Å². The molecule has 9 heteroatoms. The Balaban J connectivity index is 2.24. The zero-order chi connectivity index (χ0) is 17.7. The van der Waals surface area contributed by atoms with E-state index in [1.807, 2.05) is 13.8 Å². The SMILES string of the molecule is CCCSc1nnc(NS(=O)(=O)c2ccc(OC)c(C(C)C)c2)s1. The quantitative estimate of drug-likeness (QED) is 0.690. The molecule has 0 unspecified atom stereocenters. The average molecular weight is 388 g/mol. The van der Waals surface area contributed by atoms with Gasteiger partial charge in [-0.25, -0.2) is 8.42 Å². The Morgan fingerprint density at radius 3 is 2.71 bits per heavy atom. The van der Waals surface area contributed by atoms with Crippen molar-refractivity contribution >= 4 is 38.3 Å². The molecule has 0 atom stereocenters. The number of aromatic nitrogens is 2. The van der Waals surface area contributed by atoms with Gasteiger partial charge in [0, 0.05) is 5.75 Å². The van der Waals surface area contributed by atoms with Gasteiger partial charge in [-0.15, -0.1) is 10.2 Å². The van der Waals surface area contributed by atoms with Crippen LogP contribution in [0.2, 0.25) is 0 Å². The Bertz CT molecular complexity index is 788. The minimum atomic E-state index is -3.71. The van der Waals surface area contributed by atoms with E-state index in [0.29, 0.717) is 5.75 Å². The molecule has 0 spiro atoms. The number of hydrogen-bond acceptors (Lipinski definition) is 7. The highest BCUT2D eigenvalue weighted by atomic mass is 32.2. The van der Waals surface area contributed by atoms with Crippen molar-refractivity contribution < 1.29 is 13.2 Å². The van der Waals surface area contributed by atoms with Crippen LogP contribution in [0.25, 0.3) is 0 Å². The molecule has 0 saturated carbocycles. The van der Waals surface area contributed by atoms with E-state index in [2.05, 4.69) is 21.8 Å². The number of anilines is 1. The molecule has 1 aromatic carbocycles. The van der Waals surface area contributed by atoms with Gasteiger partial charge in [0.2, 0.25) is 5.13 Å². The van der Waals surface area contributed by atoms with Crippen molar-refractivity contribution in [2.75, 3.05) is 17.6 Å². The van der Waals surface area contributed by atoms with Crippen molar-refractivity contribution in [1.29, 1.82) is 0 Å². The highest BCUT2D eigenvalue weighted by Crippen LogP contribution is 2.31. The van der Waals surface area contributed by atoms with Crippen molar-refractivity contribution in [3.63, 3.8) is 0 Å². The lowest BCUT2D eigenvalue weighted by Crippen LogP contribution is -2.13. The van der Waals surface area contributed by atoms with E-state index in [9.17, 15) is 8.42 Å². The van der Waals surface area contributed by atoms with Crippen molar-refractivity contribution in [2.24, 2.45) is 0 Å². The molecule has 6 nitrogen and oxygen atoms in total. The third-order valence-corrected chi connectivity index (χ3v) is 6.83. The molecule has 24 heavy (non-hydrogen) atoms. The second kappa shape index (κ2) is 8.17. The maximum atomic E-state index is 12.6. The summed E-state index contributed by atoms with van der Waals surface area (Å²) < 4.78 is 33.7. The van der Waals surface area contributed by atoms with Gasteiger partial charge in [-0.05, 0) is 36.1 Å². The summed E-state index contributed by atoms with van der Waals surface area (Å²) in [6.07, 6.45) is 1.02. The summed E-state index contributed by atoms with van der Waals surface area (Å²) in [5, 5.41) is 8.17. The van der Waals surface area contributed by atoms with Crippen LogP contribution in [0.3, 0.4) is 0 Å². The number of hydrogen-bond donors (Lipinski definition) is 1. The summed E-state index contributed by atoms with van der Waals surface area (Å²) in [7, 11) is -2.13. The second-order valence-electron chi connectivity index (χ2n) is 5.39. The first-order valence-electron chi connectivity index (χ1n) is 7.54. The Morgan fingerprint density at radius 1 is 1.33 bits per heavy atom. The zero-order valence-electron chi connectivity index (χ0n) is 14.1. The topological polar surface area (TPSA) is 81.2 Å². The van der Waals surface area contributed by atoms with E-state index in [1.54, 1.807) is 31.0 Å². The average Bonchev–Trinajstić information content (AvgIpc) is 2.98. The molecule has 0 aliphatic carbocycles. The predicted molar refractivity (Wildman–Crippen MR) is 98.8 cm³/mol. The first-order chi connectivity index (χ1) is 11.4. The smallest absolute Gasteiger partial charge is 0.263 e. The monoisotopic (exact) mass is 387 g/mol. The molecular formula is C15H21N3O3S3. The number of thioether (sulfide) groups is 1. The van der Waals surface area contributed by atoms with Gasteiger partial charge in [0.15, 0.2) is 4.34 Å². The fourth-order valence-corrected chi connectivity index (χ4v) is 4.95. The number of ether oxygens (including phenoxy) is 1. The number of nitrogens with one attached hydrogen (secondary N) is 1. The molecule has 132 valence electrons. The zero-order valence-corrected chi connectivity index (χ0v) is 16.5. The van der Waals surface area contributed by atoms with Gasteiger partial charge in [0.1, 0.15) is 5.75 Å². The molecule has 0 aliphatic rings. The molecule has 1 aromatic heterocycles. The fourth-order valence-electron chi connectivity index (χ4n) is 2.00. The van der Waals surface area contributed by atoms with Gasteiger partial charge >= 0.3 is 0 Å². The van der Waals surface area contributed by atoms with E-state index in [1.165, 1.54) is 17.4 Å². The van der Waals surface area contributed by atoms with Crippen LogP contribution in [-0.2, 0) is 10.0 Å². The summed E-state index contributed by atoms with van der Waals surface area (Å²) >= 11 is 2.81. The van der Waals surface area contributed by atoms with E-state index in [0.717, 1.165) is 22.1 Å². The molecule has 0 bridgehead atoms. The third kappa shape index (κ3) is 4.61. The largest absolute Gasteiger partial charge is 0.496 e. The molecule has 0 aliphatic heterocycles. The standard InChI is InChI=1S/C15H21N3O3S3/c1-5-8-22-15-17-16-14(23-15)18-24(19,20)11-6-7-13(21-4)12(9-11)10(2)3/h6-7,9-10H,5,8H2,1-4H3,(H,16,18). The Labute approximate surface area is 151 Å². The molecule has 1 N–H and O–H groups in total. The molecule has 0 saturated heterocycles. The number of sulfonamides is 1. The van der Waals surface area contributed by atoms with Crippen LogP contribution in [0.4, 0.5) is 5.13 Å². The van der Waals surface area contributed by atoms with Gasteiger partial charge < -0.3 is 4.74 Å². The van der Waals surface area contributed by atoms with Crippen LogP contribution in [0, 0.1) is 0 Å². The van der Waals surface area contributed by atoms with Crippen LogP contribution >= 0.6 is 23.1 Å². The van der Waals surface area contributed by atoms with E-state index in [4.69, 9.17) is 4.74 Å². The van der Waals surface area contributed by atoms with Crippen LogP contribution in [-0.4, -0.2) is 31.5 Å². The maximum absolute atomic E-state index is 12.6.